The summed E-state index contributed by atoms with van der Waals surface area (Å²) in [5.41, 5.74) is 9.61. The van der Waals surface area contributed by atoms with Crippen molar-refractivity contribution >= 4 is 0 Å². The first-order valence-corrected chi connectivity index (χ1v) is 5.82. The van der Waals surface area contributed by atoms with Crippen molar-refractivity contribution in [2.24, 2.45) is 11.7 Å². The lowest BCUT2D eigenvalue weighted by molar-refractivity contribution is 0.586. The Hall–Kier alpha value is -1.24. The molecule has 0 unspecified atom stereocenters. The van der Waals surface area contributed by atoms with E-state index in [1.165, 1.54) is 17.6 Å². The number of allylic oxidation sites excluding steroid dienone is 4. The quantitative estimate of drug-likeness (QED) is 0.661. The highest BCUT2D eigenvalue weighted by atomic mass is 14.6. The Morgan fingerprint density at radius 1 is 1.19 bits per heavy atom. The molecule has 16 heavy (non-hydrogen) atoms. The van der Waals surface area contributed by atoms with Crippen molar-refractivity contribution < 1.29 is 0 Å². The molecule has 1 heteroatoms. The Morgan fingerprint density at radius 3 is 2.12 bits per heavy atom. The van der Waals surface area contributed by atoms with E-state index in [1.807, 2.05) is 6.08 Å². The van der Waals surface area contributed by atoms with Gasteiger partial charge in [0.2, 0.25) is 0 Å². The van der Waals surface area contributed by atoms with E-state index in [-0.39, 0.29) is 0 Å². The highest BCUT2D eigenvalue weighted by Gasteiger charge is 1.99. The average molecular weight is 219 g/mol. The number of rotatable bonds is 6. The summed E-state index contributed by atoms with van der Waals surface area (Å²) in [4.78, 5) is 0. The highest BCUT2D eigenvalue weighted by Crippen LogP contribution is 2.17. The van der Waals surface area contributed by atoms with E-state index in [0.29, 0.717) is 5.70 Å². The zero-order chi connectivity index (χ0) is 12.7. The maximum atomic E-state index is 5.56. The SMILES string of the molecule is C=C(N)C(=C)/C=C\C(CCC(C)C)=C(C)C. The summed E-state index contributed by atoms with van der Waals surface area (Å²) < 4.78 is 0. The van der Waals surface area contributed by atoms with E-state index in [1.54, 1.807) is 0 Å². The van der Waals surface area contributed by atoms with Gasteiger partial charge in [-0.25, -0.2) is 0 Å². The summed E-state index contributed by atoms with van der Waals surface area (Å²) in [5.74, 6) is 0.732. The van der Waals surface area contributed by atoms with Crippen LogP contribution in [0, 0.1) is 5.92 Å². The molecule has 0 saturated carbocycles. The van der Waals surface area contributed by atoms with Gasteiger partial charge in [0, 0.05) is 5.70 Å². The fourth-order valence-corrected chi connectivity index (χ4v) is 1.25. The molecule has 0 fully saturated rings. The minimum atomic E-state index is 0.535. The molecule has 0 heterocycles. The van der Waals surface area contributed by atoms with Gasteiger partial charge in [-0.3, -0.25) is 0 Å². The van der Waals surface area contributed by atoms with E-state index in [2.05, 4.69) is 46.9 Å². The molecule has 0 spiro atoms. The van der Waals surface area contributed by atoms with Crippen LogP contribution in [0.2, 0.25) is 0 Å². The minimum absolute atomic E-state index is 0.535. The van der Waals surface area contributed by atoms with Crippen LogP contribution >= 0.6 is 0 Å². The molecular weight excluding hydrogens is 194 g/mol. The first-order chi connectivity index (χ1) is 7.34. The molecule has 0 aliphatic rings. The Balaban J connectivity index is 4.54. The molecule has 2 N–H and O–H groups in total. The maximum Gasteiger partial charge on any atom is 0.0308 e. The van der Waals surface area contributed by atoms with Crippen LogP contribution in [-0.4, -0.2) is 0 Å². The van der Waals surface area contributed by atoms with Crippen LogP contribution in [0.3, 0.4) is 0 Å². The van der Waals surface area contributed by atoms with Gasteiger partial charge in [0.25, 0.3) is 0 Å². The highest BCUT2D eigenvalue weighted by molar-refractivity contribution is 5.37. The van der Waals surface area contributed by atoms with Gasteiger partial charge in [0.1, 0.15) is 0 Å². The summed E-state index contributed by atoms with van der Waals surface area (Å²) in [6, 6.07) is 0. The predicted octanol–water partition coefficient (Wildman–Crippen LogP) is 4.34. The third kappa shape index (κ3) is 6.28. The molecule has 0 aromatic rings. The number of nitrogens with two attached hydrogens (primary N) is 1. The van der Waals surface area contributed by atoms with Crippen LogP contribution in [0.1, 0.15) is 40.5 Å². The Morgan fingerprint density at radius 2 is 1.75 bits per heavy atom. The topological polar surface area (TPSA) is 26.0 Å². The van der Waals surface area contributed by atoms with E-state index in [4.69, 9.17) is 5.73 Å². The standard InChI is InChI=1S/C15H25N/c1-11(2)7-9-15(12(3)4)10-8-13(5)14(6)16/h8,10-11H,5-7,9,16H2,1-4H3/b10-8-. The van der Waals surface area contributed by atoms with Crippen molar-refractivity contribution in [2.75, 3.05) is 0 Å². The molecule has 0 aliphatic carbocycles. The van der Waals surface area contributed by atoms with Crippen molar-refractivity contribution in [1.82, 2.24) is 0 Å². The average Bonchev–Trinajstić information content (AvgIpc) is 2.15. The van der Waals surface area contributed by atoms with Crippen molar-refractivity contribution in [3.63, 3.8) is 0 Å². The van der Waals surface area contributed by atoms with Gasteiger partial charge in [-0.05, 0) is 43.8 Å². The van der Waals surface area contributed by atoms with E-state index >= 15 is 0 Å². The van der Waals surface area contributed by atoms with Crippen molar-refractivity contribution in [2.45, 2.75) is 40.5 Å². The summed E-state index contributed by atoms with van der Waals surface area (Å²) in [6.07, 6.45) is 6.38. The maximum absolute atomic E-state index is 5.56. The number of hydrogen-bond acceptors (Lipinski definition) is 1. The van der Waals surface area contributed by atoms with Gasteiger partial charge in [0.15, 0.2) is 0 Å². The molecule has 0 saturated heterocycles. The van der Waals surface area contributed by atoms with E-state index < -0.39 is 0 Å². The molecule has 1 nitrogen and oxygen atoms in total. The Kier molecular flexibility index (Phi) is 6.55. The molecule has 0 amide bonds. The first-order valence-electron chi connectivity index (χ1n) is 5.82. The molecular formula is C15H25N. The van der Waals surface area contributed by atoms with Gasteiger partial charge in [-0.15, -0.1) is 0 Å². The third-order valence-corrected chi connectivity index (χ3v) is 2.53. The van der Waals surface area contributed by atoms with E-state index in [9.17, 15) is 0 Å². The molecule has 0 aromatic heterocycles. The van der Waals surface area contributed by atoms with Crippen LogP contribution in [-0.2, 0) is 0 Å². The molecule has 0 atom stereocenters. The Labute approximate surface area is 100 Å². The largest absolute Gasteiger partial charge is 0.399 e. The predicted molar refractivity (Wildman–Crippen MR) is 74.1 cm³/mol. The van der Waals surface area contributed by atoms with Crippen LogP contribution in [0.5, 0.6) is 0 Å². The molecule has 0 rings (SSSR count). The lowest BCUT2D eigenvalue weighted by atomic mass is 9.98. The van der Waals surface area contributed by atoms with Gasteiger partial charge in [-0.2, -0.15) is 0 Å². The second kappa shape index (κ2) is 7.10. The molecule has 0 aliphatic heterocycles. The van der Waals surface area contributed by atoms with Crippen molar-refractivity contribution in [1.29, 1.82) is 0 Å². The summed E-state index contributed by atoms with van der Waals surface area (Å²) in [5, 5.41) is 0. The lowest BCUT2D eigenvalue weighted by Gasteiger charge is -2.08. The zero-order valence-corrected chi connectivity index (χ0v) is 11.1. The van der Waals surface area contributed by atoms with Gasteiger partial charge in [-0.1, -0.05) is 44.7 Å². The molecule has 0 aromatic carbocycles. The van der Waals surface area contributed by atoms with Crippen LogP contribution < -0.4 is 5.73 Å². The van der Waals surface area contributed by atoms with Gasteiger partial charge in [0.05, 0.1) is 0 Å². The second-order valence-electron chi connectivity index (χ2n) is 4.84. The molecule has 90 valence electrons. The molecule has 0 radical (unpaired) electrons. The first kappa shape index (κ1) is 14.8. The van der Waals surface area contributed by atoms with Crippen molar-refractivity contribution in [3.8, 4) is 0 Å². The summed E-state index contributed by atoms with van der Waals surface area (Å²) in [6.45, 7) is 16.3. The normalized spacial score (nSPS) is 10.8. The third-order valence-electron chi connectivity index (χ3n) is 2.53. The minimum Gasteiger partial charge on any atom is -0.399 e. The monoisotopic (exact) mass is 219 g/mol. The van der Waals surface area contributed by atoms with Gasteiger partial charge < -0.3 is 5.73 Å². The fourth-order valence-electron chi connectivity index (χ4n) is 1.25. The van der Waals surface area contributed by atoms with Crippen LogP contribution in [0.4, 0.5) is 0 Å². The Bertz CT molecular complexity index is 312. The summed E-state index contributed by atoms with van der Waals surface area (Å²) >= 11 is 0. The summed E-state index contributed by atoms with van der Waals surface area (Å²) in [7, 11) is 0. The van der Waals surface area contributed by atoms with Crippen LogP contribution in [0.15, 0.2) is 47.7 Å². The second-order valence-corrected chi connectivity index (χ2v) is 4.84. The van der Waals surface area contributed by atoms with E-state index in [0.717, 1.165) is 17.9 Å². The van der Waals surface area contributed by atoms with Crippen molar-refractivity contribution in [3.05, 3.63) is 47.7 Å². The molecule has 0 bridgehead atoms. The fraction of sp³-hybridized carbons (Fsp3) is 0.467. The zero-order valence-electron chi connectivity index (χ0n) is 11.1. The van der Waals surface area contributed by atoms with Gasteiger partial charge >= 0.3 is 0 Å². The van der Waals surface area contributed by atoms with Crippen LogP contribution in [0.25, 0.3) is 0 Å². The number of hydrogen-bond donors (Lipinski definition) is 1. The smallest absolute Gasteiger partial charge is 0.0308 e. The lowest BCUT2D eigenvalue weighted by Crippen LogP contribution is -1.96.